The predicted molar refractivity (Wildman–Crippen MR) is 100 cm³/mol. The van der Waals surface area contributed by atoms with Gasteiger partial charge in [0, 0.05) is 11.0 Å². The standard InChI is InChI=1S/C21H21N3O/c1-21(2,15-9-4-3-5-10-15)16-11-8-14-19(20(16)25)24-22-17-12-6-7-13-18(17)23-24/h4,6-14,25H,3,5H2,1-2H3. The van der Waals surface area contributed by atoms with Crippen LogP contribution in [-0.4, -0.2) is 20.1 Å². The first kappa shape index (κ1) is 15.6. The lowest BCUT2D eigenvalue weighted by Crippen LogP contribution is -2.21. The number of fused-ring (bicyclic) bond motifs is 1. The first-order valence-corrected chi connectivity index (χ1v) is 8.59. The van der Waals surface area contributed by atoms with Gasteiger partial charge < -0.3 is 5.11 Å². The van der Waals surface area contributed by atoms with Crippen molar-refractivity contribution in [2.75, 3.05) is 0 Å². The minimum absolute atomic E-state index is 0.229. The van der Waals surface area contributed by atoms with E-state index in [2.05, 4.69) is 42.3 Å². The smallest absolute Gasteiger partial charge is 0.147 e. The van der Waals surface area contributed by atoms with E-state index in [4.69, 9.17) is 0 Å². The molecule has 0 fully saturated rings. The fourth-order valence-electron chi connectivity index (χ4n) is 3.40. The maximum absolute atomic E-state index is 11.0. The minimum Gasteiger partial charge on any atom is -0.505 e. The number of aromatic hydroxyl groups is 1. The average molecular weight is 331 g/mol. The molecule has 1 aromatic heterocycles. The SMILES string of the molecule is CC(C)(C1=CCCC=C1)c1cccc(-n2nc3ccccc3n2)c1O. The lowest BCUT2D eigenvalue weighted by molar-refractivity contribution is 0.446. The Bertz CT molecular complexity index is 962. The number of phenolic OH excluding ortho intramolecular Hbond substituents is 1. The number of hydrogen-bond donors (Lipinski definition) is 1. The highest BCUT2D eigenvalue weighted by molar-refractivity contribution is 5.73. The molecular formula is C21H21N3O. The molecule has 1 aliphatic carbocycles. The molecule has 4 nitrogen and oxygen atoms in total. The Kier molecular flexibility index (Phi) is 3.68. The van der Waals surface area contributed by atoms with E-state index < -0.39 is 0 Å². The second-order valence-corrected chi connectivity index (χ2v) is 6.92. The number of hydrogen-bond acceptors (Lipinski definition) is 3. The third-order valence-corrected chi connectivity index (χ3v) is 4.91. The van der Waals surface area contributed by atoms with Crippen LogP contribution < -0.4 is 0 Å². The van der Waals surface area contributed by atoms with E-state index in [0.29, 0.717) is 5.69 Å². The molecule has 0 saturated carbocycles. The quantitative estimate of drug-likeness (QED) is 0.758. The van der Waals surface area contributed by atoms with Crippen LogP contribution in [0, 0.1) is 0 Å². The fourth-order valence-corrected chi connectivity index (χ4v) is 3.40. The van der Waals surface area contributed by atoms with Gasteiger partial charge in [-0.15, -0.1) is 15.0 Å². The topological polar surface area (TPSA) is 50.9 Å². The Balaban J connectivity index is 1.83. The molecule has 1 N–H and O–H groups in total. The van der Waals surface area contributed by atoms with Crippen LogP contribution in [0.4, 0.5) is 0 Å². The van der Waals surface area contributed by atoms with Crippen LogP contribution in [0.2, 0.25) is 0 Å². The summed E-state index contributed by atoms with van der Waals surface area (Å²) in [5, 5.41) is 20.0. The highest BCUT2D eigenvalue weighted by Crippen LogP contribution is 2.41. The van der Waals surface area contributed by atoms with Crippen molar-refractivity contribution >= 4 is 11.0 Å². The van der Waals surface area contributed by atoms with E-state index in [1.54, 1.807) is 0 Å². The molecule has 1 aliphatic rings. The van der Waals surface area contributed by atoms with E-state index >= 15 is 0 Å². The molecule has 2 aromatic carbocycles. The molecule has 0 spiro atoms. The first-order chi connectivity index (χ1) is 12.1. The van der Waals surface area contributed by atoms with Gasteiger partial charge in [0.2, 0.25) is 0 Å². The van der Waals surface area contributed by atoms with Crippen LogP contribution in [0.3, 0.4) is 0 Å². The number of allylic oxidation sites excluding steroid dienone is 4. The van der Waals surface area contributed by atoms with Crippen LogP contribution >= 0.6 is 0 Å². The van der Waals surface area contributed by atoms with Crippen LogP contribution in [0.1, 0.15) is 32.3 Å². The van der Waals surface area contributed by atoms with Crippen molar-refractivity contribution in [3.8, 4) is 11.4 Å². The zero-order valence-electron chi connectivity index (χ0n) is 14.5. The van der Waals surface area contributed by atoms with E-state index in [1.165, 1.54) is 10.4 Å². The van der Waals surface area contributed by atoms with Gasteiger partial charge in [-0.3, -0.25) is 0 Å². The summed E-state index contributed by atoms with van der Waals surface area (Å²) in [6, 6.07) is 13.5. The van der Waals surface area contributed by atoms with Crippen molar-refractivity contribution in [2.24, 2.45) is 0 Å². The molecule has 0 bridgehead atoms. The van der Waals surface area contributed by atoms with Gasteiger partial charge in [0.25, 0.3) is 0 Å². The summed E-state index contributed by atoms with van der Waals surface area (Å²) < 4.78 is 0. The summed E-state index contributed by atoms with van der Waals surface area (Å²) in [5.41, 5.74) is 4.04. The van der Waals surface area contributed by atoms with Gasteiger partial charge in [-0.1, -0.05) is 56.3 Å². The van der Waals surface area contributed by atoms with Gasteiger partial charge in [0.1, 0.15) is 22.5 Å². The molecule has 1 heterocycles. The molecule has 3 aromatic rings. The largest absolute Gasteiger partial charge is 0.505 e. The number of rotatable bonds is 3. The highest BCUT2D eigenvalue weighted by Gasteiger charge is 2.29. The van der Waals surface area contributed by atoms with Crippen LogP contribution in [0.5, 0.6) is 5.75 Å². The monoisotopic (exact) mass is 331 g/mol. The minimum atomic E-state index is -0.288. The van der Waals surface area contributed by atoms with Crippen LogP contribution in [0.25, 0.3) is 16.7 Å². The lowest BCUT2D eigenvalue weighted by Gasteiger charge is -2.29. The third kappa shape index (κ3) is 2.64. The molecule has 25 heavy (non-hydrogen) atoms. The second-order valence-electron chi connectivity index (χ2n) is 6.92. The zero-order chi connectivity index (χ0) is 17.4. The molecule has 0 unspecified atom stereocenters. The second kappa shape index (κ2) is 5.88. The summed E-state index contributed by atoms with van der Waals surface area (Å²) in [4.78, 5) is 1.52. The molecule has 0 radical (unpaired) electrons. The van der Waals surface area contributed by atoms with Crippen molar-refractivity contribution < 1.29 is 5.11 Å². The number of aromatic nitrogens is 3. The Morgan fingerprint density at radius 3 is 2.32 bits per heavy atom. The van der Waals surface area contributed by atoms with Crippen molar-refractivity contribution in [3.63, 3.8) is 0 Å². The Hall–Kier alpha value is -2.88. The normalized spacial score (nSPS) is 14.7. The van der Waals surface area contributed by atoms with Crippen molar-refractivity contribution in [1.29, 1.82) is 0 Å². The predicted octanol–water partition coefficient (Wildman–Crippen LogP) is 4.68. The van der Waals surface area contributed by atoms with Gasteiger partial charge in [-0.25, -0.2) is 0 Å². The third-order valence-electron chi connectivity index (χ3n) is 4.91. The highest BCUT2D eigenvalue weighted by atomic mass is 16.3. The number of para-hydroxylation sites is 1. The Morgan fingerprint density at radius 1 is 0.960 bits per heavy atom. The zero-order valence-corrected chi connectivity index (χ0v) is 14.5. The maximum atomic E-state index is 11.0. The Morgan fingerprint density at radius 2 is 1.68 bits per heavy atom. The first-order valence-electron chi connectivity index (χ1n) is 8.59. The molecule has 126 valence electrons. The van der Waals surface area contributed by atoms with Gasteiger partial charge >= 0.3 is 0 Å². The number of nitrogens with zero attached hydrogens (tertiary/aromatic N) is 3. The van der Waals surface area contributed by atoms with Crippen molar-refractivity contribution in [3.05, 3.63) is 71.8 Å². The molecular weight excluding hydrogens is 310 g/mol. The molecule has 0 saturated heterocycles. The van der Waals surface area contributed by atoms with Crippen molar-refractivity contribution in [1.82, 2.24) is 15.0 Å². The average Bonchev–Trinajstić information content (AvgIpc) is 3.06. The number of benzene rings is 2. The molecule has 4 rings (SSSR count). The summed E-state index contributed by atoms with van der Waals surface area (Å²) in [6.45, 7) is 4.28. The van der Waals surface area contributed by atoms with Gasteiger partial charge in [0.05, 0.1) is 0 Å². The summed E-state index contributed by atoms with van der Waals surface area (Å²) >= 11 is 0. The van der Waals surface area contributed by atoms with Crippen LogP contribution in [0.15, 0.2) is 66.3 Å². The lowest BCUT2D eigenvalue weighted by atomic mass is 9.75. The van der Waals surface area contributed by atoms with Gasteiger partial charge in [0.15, 0.2) is 0 Å². The summed E-state index contributed by atoms with van der Waals surface area (Å²) in [7, 11) is 0. The molecule has 0 amide bonds. The van der Waals surface area contributed by atoms with E-state index in [0.717, 1.165) is 29.4 Å². The fraction of sp³-hybridized carbons (Fsp3) is 0.238. The van der Waals surface area contributed by atoms with Gasteiger partial charge in [-0.2, -0.15) is 0 Å². The van der Waals surface area contributed by atoms with Crippen LogP contribution in [-0.2, 0) is 5.41 Å². The van der Waals surface area contributed by atoms with E-state index in [-0.39, 0.29) is 11.2 Å². The number of phenols is 1. The molecule has 0 atom stereocenters. The van der Waals surface area contributed by atoms with Crippen molar-refractivity contribution in [2.45, 2.75) is 32.1 Å². The van der Waals surface area contributed by atoms with Gasteiger partial charge in [-0.05, 0) is 36.6 Å². The Labute approximate surface area is 147 Å². The molecule has 0 aliphatic heterocycles. The summed E-state index contributed by atoms with van der Waals surface area (Å²) in [5.74, 6) is 0.229. The maximum Gasteiger partial charge on any atom is 0.147 e. The van der Waals surface area contributed by atoms with E-state index in [9.17, 15) is 5.11 Å². The van der Waals surface area contributed by atoms with E-state index in [1.807, 2.05) is 42.5 Å². The summed E-state index contributed by atoms with van der Waals surface area (Å²) in [6.07, 6.45) is 8.74. The molecule has 4 heteroatoms.